The van der Waals surface area contributed by atoms with E-state index in [2.05, 4.69) is 4.72 Å². The van der Waals surface area contributed by atoms with Crippen LogP contribution in [0.5, 0.6) is 0 Å². The fraction of sp³-hybridized carbons (Fsp3) is 0.267. The highest BCUT2D eigenvalue weighted by Crippen LogP contribution is 2.07. The van der Waals surface area contributed by atoms with Gasteiger partial charge in [-0.3, -0.25) is 0 Å². The van der Waals surface area contributed by atoms with Crippen LogP contribution >= 0.6 is 0 Å². The number of nitriles is 1. The number of rotatable bonds is 7. The van der Waals surface area contributed by atoms with Crippen molar-refractivity contribution < 1.29 is 12.8 Å². The van der Waals surface area contributed by atoms with Gasteiger partial charge in [-0.15, -0.1) is 0 Å². The lowest BCUT2D eigenvalue weighted by atomic mass is 10.1. The van der Waals surface area contributed by atoms with Gasteiger partial charge >= 0.3 is 0 Å². The highest BCUT2D eigenvalue weighted by molar-refractivity contribution is 7.89. The van der Waals surface area contributed by atoms with Crippen LogP contribution in [0.2, 0.25) is 0 Å². The van der Waals surface area contributed by atoms with Gasteiger partial charge in [-0.05, 0) is 30.5 Å². The van der Waals surface area contributed by atoms with Gasteiger partial charge in [0.05, 0.1) is 12.3 Å². The zero-order valence-corrected chi connectivity index (χ0v) is 12.3. The molecule has 0 bridgehead atoms. The van der Waals surface area contributed by atoms with Crippen LogP contribution in [-0.4, -0.2) is 14.2 Å². The first-order valence-electron chi connectivity index (χ1n) is 6.59. The van der Waals surface area contributed by atoms with E-state index in [0.29, 0.717) is 12.2 Å². The van der Waals surface area contributed by atoms with Gasteiger partial charge in [-0.2, -0.15) is 5.26 Å². The summed E-state index contributed by atoms with van der Waals surface area (Å²) in [6.07, 6.45) is 1.28. The Morgan fingerprint density at radius 1 is 1.14 bits per heavy atom. The summed E-state index contributed by atoms with van der Waals surface area (Å²) >= 11 is 0. The van der Waals surface area contributed by atoms with E-state index in [9.17, 15) is 8.42 Å². The molecule has 0 fully saturated rings. The van der Waals surface area contributed by atoms with Gasteiger partial charge in [0, 0.05) is 0 Å². The third-order valence-electron chi connectivity index (χ3n) is 2.96. The fourth-order valence-corrected chi connectivity index (χ4v) is 2.93. The average Bonchev–Trinajstić information content (AvgIpc) is 2.94. The number of hydrogen-bond acceptors (Lipinski definition) is 4. The van der Waals surface area contributed by atoms with Gasteiger partial charge in [0.25, 0.3) is 0 Å². The second-order valence-corrected chi connectivity index (χ2v) is 6.53. The Labute approximate surface area is 124 Å². The smallest absolute Gasteiger partial charge is 0.212 e. The van der Waals surface area contributed by atoms with Crippen LogP contribution in [0.1, 0.15) is 23.5 Å². The van der Waals surface area contributed by atoms with E-state index in [1.54, 1.807) is 6.07 Å². The summed E-state index contributed by atoms with van der Waals surface area (Å²) in [6.45, 7) is 0.0648. The van der Waals surface area contributed by atoms with Crippen LogP contribution in [0, 0.1) is 11.3 Å². The highest BCUT2D eigenvalue weighted by Gasteiger charge is 2.11. The maximum absolute atomic E-state index is 11.9. The van der Waals surface area contributed by atoms with Gasteiger partial charge in [-0.25, -0.2) is 13.1 Å². The Bertz CT molecular complexity index is 715. The number of benzene rings is 1. The van der Waals surface area contributed by atoms with Crippen molar-refractivity contribution in [3.05, 3.63) is 59.5 Å². The SMILES string of the molecule is N#Cc1ccc(CNS(=O)(=O)CCCc2ccccc2)o1. The molecule has 0 radical (unpaired) electrons. The van der Waals surface area contributed by atoms with Gasteiger partial charge in [0.1, 0.15) is 11.8 Å². The van der Waals surface area contributed by atoms with Gasteiger partial charge < -0.3 is 4.42 Å². The van der Waals surface area contributed by atoms with E-state index in [-0.39, 0.29) is 18.1 Å². The lowest BCUT2D eigenvalue weighted by Gasteiger charge is -2.05. The summed E-state index contributed by atoms with van der Waals surface area (Å²) in [7, 11) is -3.34. The van der Waals surface area contributed by atoms with Crippen LogP contribution in [0.15, 0.2) is 46.9 Å². The van der Waals surface area contributed by atoms with Gasteiger partial charge in [0.15, 0.2) is 0 Å². The number of furan rings is 1. The quantitative estimate of drug-likeness (QED) is 0.850. The third-order valence-corrected chi connectivity index (χ3v) is 4.37. The van der Waals surface area contributed by atoms with Crippen LogP contribution in [0.4, 0.5) is 0 Å². The fourth-order valence-electron chi connectivity index (χ4n) is 1.90. The Hall–Kier alpha value is -2.10. The molecule has 0 atom stereocenters. The monoisotopic (exact) mass is 304 g/mol. The van der Waals surface area contributed by atoms with Crippen molar-refractivity contribution >= 4 is 10.0 Å². The van der Waals surface area contributed by atoms with Gasteiger partial charge in [0.2, 0.25) is 15.8 Å². The molecule has 0 aliphatic rings. The molecule has 0 unspecified atom stereocenters. The number of hydrogen-bond donors (Lipinski definition) is 1. The molecule has 6 heteroatoms. The molecule has 0 saturated heterocycles. The molecule has 2 aromatic rings. The predicted octanol–water partition coefficient (Wildman–Crippen LogP) is 2.20. The number of sulfonamides is 1. The van der Waals surface area contributed by atoms with E-state index in [1.807, 2.05) is 36.4 Å². The molecular formula is C15H16N2O3S. The molecule has 2 rings (SSSR count). The van der Waals surface area contributed by atoms with Crippen molar-refractivity contribution in [2.45, 2.75) is 19.4 Å². The molecule has 1 heterocycles. The van der Waals surface area contributed by atoms with Crippen LogP contribution in [0.3, 0.4) is 0 Å². The lowest BCUT2D eigenvalue weighted by molar-refractivity contribution is 0.488. The first-order valence-corrected chi connectivity index (χ1v) is 8.24. The van der Waals surface area contributed by atoms with Crippen LogP contribution in [-0.2, 0) is 23.0 Å². The van der Waals surface area contributed by atoms with E-state index in [1.165, 1.54) is 6.07 Å². The second kappa shape index (κ2) is 7.07. The summed E-state index contributed by atoms with van der Waals surface area (Å²) < 4.78 is 31.3. The average molecular weight is 304 g/mol. The number of aryl methyl sites for hydroxylation is 1. The van der Waals surface area contributed by atoms with E-state index in [4.69, 9.17) is 9.68 Å². The largest absolute Gasteiger partial charge is 0.449 e. The van der Waals surface area contributed by atoms with E-state index < -0.39 is 10.0 Å². The highest BCUT2D eigenvalue weighted by atomic mass is 32.2. The minimum absolute atomic E-state index is 0.0632. The van der Waals surface area contributed by atoms with Crippen molar-refractivity contribution in [1.29, 1.82) is 5.26 Å². The molecular weight excluding hydrogens is 288 g/mol. The molecule has 110 valence electrons. The second-order valence-electron chi connectivity index (χ2n) is 4.61. The number of nitrogens with zero attached hydrogens (tertiary/aromatic N) is 1. The molecule has 0 spiro atoms. The third kappa shape index (κ3) is 5.06. The van der Waals surface area contributed by atoms with Crippen molar-refractivity contribution in [3.8, 4) is 6.07 Å². The lowest BCUT2D eigenvalue weighted by Crippen LogP contribution is -2.26. The zero-order chi connectivity index (χ0) is 15.1. The normalized spacial score (nSPS) is 11.2. The summed E-state index contributed by atoms with van der Waals surface area (Å²) in [5.74, 6) is 0.666. The topological polar surface area (TPSA) is 83.1 Å². The molecule has 0 aliphatic heterocycles. The molecule has 1 aromatic heterocycles. The minimum Gasteiger partial charge on any atom is -0.449 e. The van der Waals surface area contributed by atoms with Crippen LogP contribution < -0.4 is 4.72 Å². The predicted molar refractivity (Wildman–Crippen MR) is 78.8 cm³/mol. The molecule has 5 nitrogen and oxygen atoms in total. The summed E-state index contributed by atoms with van der Waals surface area (Å²) in [5.41, 5.74) is 1.12. The zero-order valence-electron chi connectivity index (χ0n) is 11.5. The Morgan fingerprint density at radius 3 is 2.57 bits per heavy atom. The summed E-state index contributed by atoms with van der Waals surface area (Å²) in [6, 6.07) is 14.7. The summed E-state index contributed by atoms with van der Waals surface area (Å²) in [5, 5.41) is 8.62. The molecule has 21 heavy (non-hydrogen) atoms. The van der Waals surface area contributed by atoms with Crippen molar-refractivity contribution in [1.82, 2.24) is 4.72 Å². The van der Waals surface area contributed by atoms with Gasteiger partial charge in [-0.1, -0.05) is 30.3 Å². The maximum Gasteiger partial charge on any atom is 0.212 e. The van der Waals surface area contributed by atoms with Crippen molar-refractivity contribution in [2.24, 2.45) is 0 Å². The molecule has 0 saturated carbocycles. The van der Waals surface area contributed by atoms with E-state index >= 15 is 0 Å². The van der Waals surface area contributed by atoms with Crippen LogP contribution in [0.25, 0.3) is 0 Å². The van der Waals surface area contributed by atoms with Crippen molar-refractivity contribution in [2.75, 3.05) is 5.75 Å². The molecule has 0 amide bonds. The molecule has 1 N–H and O–H groups in total. The Morgan fingerprint density at radius 2 is 1.90 bits per heavy atom. The Kier molecular flexibility index (Phi) is 5.14. The Balaban J connectivity index is 1.78. The molecule has 1 aromatic carbocycles. The number of nitrogens with one attached hydrogen (secondary N) is 1. The molecule has 0 aliphatic carbocycles. The first kappa shape index (κ1) is 15.3. The minimum atomic E-state index is -3.34. The maximum atomic E-state index is 11.9. The van der Waals surface area contributed by atoms with Crippen molar-refractivity contribution in [3.63, 3.8) is 0 Å². The van der Waals surface area contributed by atoms with E-state index in [0.717, 1.165) is 12.0 Å². The summed E-state index contributed by atoms with van der Waals surface area (Å²) in [4.78, 5) is 0. The first-order chi connectivity index (χ1) is 10.1. The standard InChI is InChI=1S/C15H16N2O3S/c16-11-14-8-9-15(20-14)12-17-21(18,19)10-4-7-13-5-2-1-3-6-13/h1-3,5-6,8-9,17H,4,7,10,12H2.